The van der Waals surface area contributed by atoms with Crippen LogP contribution in [0, 0.1) is 10.8 Å². The summed E-state index contributed by atoms with van der Waals surface area (Å²) in [5.41, 5.74) is 6.24. The second kappa shape index (κ2) is 8.66. The fourth-order valence-electron chi connectivity index (χ4n) is 1.16. The first-order valence-electron chi connectivity index (χ1n) is 4.54. The first kappa shape index (κ1) is 17.9. The third-order valence-electron chi connectivity index (χ3n) is 1.90. The highest BCUT2D eigenvalue weighted by Gasteiger charge is 2.04. The van der Waals surface area contributed by atoms with Gasteiger partial charge in [-0.05, 0) is 5.56 Å². The average molecular weight is 278 g/mol. The largest absolute Gasteiger partial charge is 0.370 e. The number of nitrogens with zero attached hydrogens (tertiary/aromatic N) is 1. The maximum Gasteiger partial charge on any atom is 0.197 e. The molecular formula is C10H17Cl2N5. The van der Waals surface area contributed by atoms with Crippen molar-refractivity contribution in [2.75, 3.05) is 7.05 Å². The Morgan fingerprint density at radius 2 is 1.76 bits per heavy atom. The lowest BCUT2D eigenvalue weighted by Crippen LogP contribution is -2.43. The molecule has 17 heavy (non-hydrogen) atoms. The van der Waals surface area contributed by atoms with E-state index >= 15 is 0 Å². The predicted molar refractivity (Wildman–Crippen MR) is 75.2 cm³/mol. The van der Waals surface area contributed by atoms with E-state index in [0.717, 1.165) is 5.56 Å². The number of halogens is 2. The van der Waals surface area contributed by atoms with E-state index in [0.29, 0.717) is 6.54 Å². The van der Waals surface area contributed by atoms with E-state index in [2.05, 4.69) is 5.32 Å². The molecule has 7 heteroatoms. The highest BCUT2D eigenvalue weighted by molar-refractivity contribution is 5.94. The van der Waals surface area contributed by atoms with Crippen LogP contribution < -0.4 is 11.1 Å². The first-order chi connectivity index (χ1) is 7.09. The van der Waals surface area contributed by atoms with Gasteiger partial charge in [-0.25, -0.2) is 0 Å². The van der Waals surface area contributed by atoms with Crippen LogP contribution >= 0.6 is 24.8 Å². The Hall–Kier alpha value is -1.46. The van der Waals surface area contributed by atoms with Crippen LogP contribution in [0.1, 0.15) is 5.56 Å². The number of hydrogen-bond donors (Lipinski definition) is 4. The zero-order chi connectivity index (χ0) is 11.3. The van der Waals surface area contributed by atoms with Crippen molar-refractivity contribution in [3.8, 4) is 0 Å². The number of rotatable bonds is 2. The Kier molecular flexibility index (Phi) is 9.13. The third kappa shape index (κ3) is 6.65. The van der Waals surface area contributed by atoms with Gasteiger partial charge in [-0.3, -0.25) is 16.1 Å². The average Bonchev–Trinajstić information content (AvgIpc) is 2.18. The molecule has 1 aromatic carbocycles. The van der Waals surface area contributed by atoms with E-state index in [1.807, 2.05) is 30.3 Å². The summed E-state index contributed by atoms with van der Waals surface area (Å²) in [6.07, 6.45) is 0. The van der Waals surface area contributed by atoms with Gasteiger partial charge in [-0.15, -0.1) is 24.8 Å². The summed E-state index contributed by atoms with van der Waals surface area (Å²) in [4.78, 5) is 1.68. The molecule has 5 nitrogen and oxygen atoms in total. The molecule has 0 amide bonds. The molecule has 0 radical (unpaired) electrons. The molecule has 0 heterocycles. The topological polar surface area (TPSA) is 89.0 Å². The molecule has 0 aromatic heterocycles. The quantitative estimate of drug-likeness (QED) is 0.486. The summed E-state index contributed by atoms with van der Waals surface area (Å²) in [5.74, 6) is -0.105. The third-order valence-corrected chi connectivity index (χ3v) is 1.90. The summed E-state index contributed by atoms with van der Waals surface area (Å²) in [6.45, 7) is 0.611. The van der Waals surface area contributed by atoms with Crippen LogP contribution in [-0.4, -0.2) is 23.9 Å². The summed E-state index contributed by atoms with van der Waals surface area (Å²) in [5, 5.41) is 17.0. The van der Waals surface area contributed by atoms with Gasteiger partial charge < -0.3 is 10.6 Å². The minimum Gasteiger partial charge on any atom is -0.370 e. The number of nitrogens with one attached hydrogen (secondary N) is 3. The predicted octanol–water partition coefficient (Wildman–Crippen LogP) is 1.38. The van der Waals surface area contributed by atoms with Crippen LogP contribution in [0.3, 0.4) is 0 Å². The van der Waals surface area contributed by atoms with Crippen molar-refractivity contribution in [3.63, 3.8) is 0 Å². The Morgan fingerprint density at radius 1 is 1.24 bits per heavy atom. The van der Waals surface area contributed by atoms with Crippen LogP contribution in [0.4, 0.5) is 0 Å². The van der Waals surface area contributed by atoms with Crippen molar-refractivity contribution < 1.29 is 0 Å². The summed E-state index contributed by atoms with van der Waals surface area (Å²) < 4.78 is 0. The first-order valence-corrected chi connectivity index (χ1v) is 4.54. The summed E-state index contributed by atoms with van der Waals surface area (Å²) in [6, 6.07) is 9.81. The Bertz CT molecular complexity index is 355. The standard InChI is InChI=1S/C10H15N5.2ClH/c1-15(10(13)14-9(11)12)7-8-5-3-2-4-6-8;;/h2-6H,7H2,1H3,(H5,11,12,13,14);2*1H. The van der Waals surface area contributed by atoms with Crippen LogP contribution in [-0.2, 0) is 6.54 Å². The molecule has 0 saturated heterocycles. The fraction of sp³-hybridized carbons (Fsp3) is 0.200. The molecule has 5 N–H and O–H groups in total. The number of benzene rings is 1. The summed E-state index contributed by atoms with van der Waals surface area (Å²) >= 11 is 0. The lowest BCUT2D eigenvalue weighted by Gasteiger charge is -2.20. The lowest BCUT2D eigenvalue weighted by molar-refractivity contribution is 0.484. The van der Waals surface area contributed by atoms with Gasteiger partial charge in [0.2, 0.25) is 0 Å². The summed E-state index contributed by atoms with van der Waals surface area (Å²) in [7, 11) is 1.77. The van der Waals surface area contributed by atoms with Gasteiger partial charge in [-0.2, -0.15) is 0 Å². The SMILES string of the molecule is CN(Cc1ccccc1)C(=N)NC(=N)N.Cl.Cl. The molecule has 0 aliphatic carbocycles. The molecule has 0 unspecified atom stereocenters. The Balaban J connectivity index is 0. The van der Waals surface area contributed by atoms with Gasteiger partial charge in [0.05, 0.1) is 0 Å². The molecule has 1 aromatic rings. The van der Waals surface area contributed by atoms with Gasteiger partial charge in [0.1, 0.15) is 0 Å². The zero-order valence-corrected chi connectivity index (χ0v) is 11.1. The van der Waals surface area contributed by atoms with E-state index in [1.54, 1.807) is 11.9 Å². The zero-order valence-electron chi connectivity index (χ0n) is 9.43. The van der Waals surface area contributed by atoms with Crippen molar-refractivity contribution >= 4 is 36.7 Å². The normalized spacial score (nSPS) is 8.29. The lowest BCUT2D eigenvalue weighted by atomic mass is 10.2. The van der Waals surface area contributed by atoms with E-state index in [1.165, 1.54) is 0 Å². The van der Waals surface area contributed by atoms with Gasteiger partial charge >= 0.3 is 0 Å². The van der Waals surface area contributed by atoms with E-state index in [9.17, 15) is 0 Å². The Labute approximate surface area is 113 Å². The monoisotopic (exact) mass is 277 g/mol. The van der Waals surface area contributed by atoms with Crippen LogP contribution in [0.5, 0.6) is 0 Å². The van der Waals surface area contributed by atoms with E-state index in [4.69, 9.17) is 16.6 Å². The highest BCUT2D eigenvalue weighted by atomic mass is 35.5. The minimum atomic E-state index is -0.222. The molecule has 0 spiro atoms. The van der Waals surface area contributed by atoms with E-state index < -0.39 is 0 Å². The van der Waals surface area contributed by atoms with E-state index in [-0.39, 0.29) is 36.7 Å². The Morgan fingerprint density at radius 3 is 2.24 bits per heavy atom. The molecule has 1 rings (SSSR count). The number of guanidine groups is 2. The van der Waals surface area contributed by atoms with Crippen LogP contribution in [0.25, 0.3) is 0 Å². The molecule has 0 bridgehead atoms. The second-order valence-electron chi connectivity index (χ2n) is 3.23. The smallest absolute Gasteiger partial charge is 0.197 e. The second-order valence-corrected chi connectivity index (χ2v) is 3.23. The maximum absolute atomic E-state index is 7.57. The molecule has 0 atom stereocenters. The van der Waals surface area contributed by atoms with Crippen molar-refractivity contribution in [1.29, 1.82) is 10.8 Å². The number of nitrogens with two attached hydrogens (primary N) is 1. The van der Waals surface area contributed by atoms with Crippen molar-refractivity contribution in [2.45, 2.75) is 6.54 Å². The number of hydrogen-bond acceptors (Lipinski definition) is 2. The maximum atomic E-state index is 7.57. The van der Waals surface area contributed by atoms with Gasteiger partial charge in [0.15, 0.2) is 11.9 Å². The van der Waals surface area contributed by atoms with Crippen molar-refractivity contribution in [2.24, 2.45) is 5.73 Å². The minimum absolute atomic E-state index is 0. The van der Waals surface area contributed by atoms with Gasteiger partial charge in [0, 0.05) is 13.6 Å². The van der Waals surface area contributed by atoms with Crippen LogP contribution in [0.2, 0.25) is 0 Å². The highest BCUT2D eigenvalue weighted by Crippen LogP contribution is 2.01. The van der Waals surface area contributed by atoms with Crippen molar-refractivity contribution in [3.05, 3.63) is 35.9 Å². The molecular weight excluding hydrogens is 261 g/mol. The molecule has 96 valence electrons. The fourth-order valence-corrected chi connectivity index (χ4v) is 1.16. The van der Waals surface area contributed by atoms with Crippen LogP contribution in [0.15, 0.2) is 30.3 Å². The molecule has 0 aliphatic heterocycles. The van der Waals surface area contributed by atoms with Crippen molar-refractivity contribution in [1.82, 2.24) is 10.2 Å². The molecule has 0 fully saturated rings. The molecule has 0 aliphatic rings. The van der Waals surface area contributed by atoms with Gasteiger partial charge in [-0.1, -0.05) is 30.3 Å². The van der Waals surface area contributed by atoms with Gasteiger partial charge in [0.25, 0.3) is 0 Å². The molecule has 0 saturated carbocycles.